The first-order chi connectivity index (χ1) is 24.7. The number of allylic oxidation sites excluding steroid dienone is 4. The monoisotopic (exact) mass is 736 g/mol. The van der Waals surface area contributed by atoms with Crippen LogP contribution in [0.1, 0.15) is 122 Å². The second-order valence-electron chi connectivity index (χ2n) is 19.9. The number of carbonyl (C=O) groups excluding carboxylic acids is 2. The number of benzene rings is 1. The standard InChI is InChI=1S/C44H59F3N2O4/c1-26(2)48-37(52)49(24-28-10-11-29-21-32(28)38(29,3)4)25-42(53)17-14-35-40(42,6)16-13-34-39(5)15-12-31(50)22-41(39)18-19-43(34,35)33(23-41)36(51)27-8-7-9-30(20-27)44(45,46)47/h7-9,18-20,23,26,28-29,31-32,34-35,50,53H,10-17,21-22,24-25H2,1-6H3,(H,48,52). The Bertz CT molecular complexity index is 1750. The van der Waals surface area contributed by atoms with Gasteiger partial charge in [0.1, 0.15) is 0 Å². The summed E-state index contributed by atoms with van der Waals surface area (Å²) >= 11 is 0. The van der Waals surface area contributed by atoms with Crippen LogP contribution in [0.15, 0.2) is 48.1 Å². The fraction of sp³-hybridized carbons (Fsp3) is 0.727. The third kappa shape index (κ3) is 5.17. The van der Waals surface area contributed by atoms with E-state index in [0.717, 1.165) is 37.3 Å². The van der Waals surface area contributed by atoms with Crippen LogP contribution in [-0.2, 0) is 6.18 Å². The fourth-order valence-electron chi connectivity index (χ4n) is 13.9. The van der Waals surface area contributed by atoms with Crippen LogP contribution in [0, 0.1) is 56.7 Å². The molecule has 6 nitrogen and oxygen atoms in total. The number of nitrogens with one attached hydrogen (secondary N) is 1. The number of alkyl halides is 3. The van der Waals surface area contributed by atoms with Gasteiger partial charge >= 0.3 is 12.2 Å². The molecule has 0 heterocycles. The van der Waals surface area contributed by atoms with E-state index in [4.69, 9.17) is 0 Å². The molecule has 9 heteroatoms. The molecular weight excluding hydrogens is 677 g/mol. The van der Waals surface area contributed by atoms with Crippen LogP contribution in [-0.4, -0.2) is 57.8 Å². The summed E-state index contributed by atoms with van der Waals surface area (Å²) in [6, 6.07) is 4.55. The second kappa shape index (κ2) is 11.9. The van der Waals surface area contributed by atoms with E-state index in [2.05, 4.69) is 45.2 Å². The van der Waals surface area contributed by atoms with Gasteiger partial charge in [-0.2, -0.15) is 13.2 Å². The van der Waals surface area contributed by atoms with Crippen molar-refractivity contribution in [1.29, 1.82) is 0 Å². The molecule has 1 aromatic carbocycles. The SMILES string of the molecule is CC(C)NC(=O)N(CC1CCC2CC1C2(C)C)CC1(O)CCC2C34C=CC5(C=C3C(=O)c3cccc(C(F)(F)F)c3)CC(O)CCC5(C)C4CCC21C. The number of hydrogen-bond acceptors (Lipinski definition) is 4. The van der Waals surface area contributed by atoms with Crippen molar-refractivity contribution in [3.8, 4) is 0 Å². The number of hydrogen-bond donors (Lipinski definition) is 3. The zero-order valence-electron chi connectivity index (χ0n) is 32.4. The lowest BCUT2D eigenvalue weighted by atomic mass is 9.32. The molecule has 3 N–H and O–H groups in total. The van der Waals surface area contributed by atoms with Crippen molar-refractivity contribution in [2.24, 2.45) is 56.7 Å². The van der Waals surface area contributed by atoms with E-state index in [-0.39, 0.29) is 46.8 Å². The molecule has 290 valence electrons. The van der Waals surface area contributed by atoms with Crippen molar-refractivity contribution in [2.75, 3.05) is 13.1 Å². The summed E-state index contributed by atoms with van der Waals surface area (Å²) in [5, 5.41) is 27.2. The highest BCUT2D eigenvalue weighted by atomic mass is 19.4. The van der Waals surface area contributed by atoms with Crippen molar-refractivity contribution >= 4 is 11.8 Å². The first-order valence-electron chi connectivity index (χ1n) is 20.3. The summed E-state index contributed by atoms with van der Waals surface area (Å²) in [7, 11) is 0. The highest BCUT2D eigenvalue weighted by molar-refractivity contribution is 6.10. The van der Waals surface area contributed by atoms with Gasteiger partial charge in [0.25, 0.3) is 0 Å². The van der Waals surface area contributed by atoms with Crippen LogP contribution in [0.2, 0.25) is 0 Å². The number of fused-ring (bicyclic) bond motifs is 3. The molecular formula is C44H59F3N2O4. The summed E-state index contributed by atoms with van der Waals surface area (Å²) in [5.41, 5.74) is -3.63. The Balaban J connectivity index is 1.19. The minimum Gasteiger partial charge on any atom is -0.393 e. The lowest BCUT2D eigenvalue weighted by Gasteiger charge is -2.71. The van der Waals surface area contributed by atoms with Crippen molar-refractivity contribution < 1.29 is 33.0 Å². The van der Waals surface area contributed by atoms with Gasteiger partial charge < -0.3 is 20.4 Å². The van der Waals surface area contributed by atoms with Crippen molar-refractivity contribution in [3.05, 3.63) is 59.2 Å². The van der Waals surface area contributed by atoms with Gasteiger partial charge in [0.2, 0.25) is 0 Å². The fourth-order valence-corrected chi connectivity index (χ4v) is 13.9. The predicted molar refractivity (Wildman–Crippen MR) is 198 cm³/mol. The van der Waals surface area contributed by atoms with Crippen LogP contribution in [0.25, 0.3) is 0 Å². The molecule has 1 aromatic rings. The predicted octanol–water partition coefficient (Wildman–Crippen LogP) is 8.97. The number of ketones is 1. The first-order valence-corrected chi connectivity index (χ1v) is 20.3. The molecule has 0 aromatic heterocycles. The summed E-state index contributed by atoms with van der Waals surface area (Å²) in [4.78, 5) is 30.8. The zero-order valence-corrected chi connectivity index (χ0v) is 32.4. The van der Waals surface area contributed by atoms with Crippen molar-refractivity contribution in [1.82, 2.24) is 10.2 Å². The number of urea groups is 1. The zero-order chi connectivity index (χ0) is 38.1. The molecule has 6 fully saturated rings. The Morgan fingerprint density at radius 1 is 0.962 bits per heavy atom. The quantitative estimate of drug-likeness (QED) is 0.193. The Kier molecular flexibility index (Phi) is 8.39. The lowest BCUT2D eigenvalue weighted by Crippen LogP contribution is -2.67. The van der Waals surface area contributed by atoms with Gasteiger partial charge in [-0.25, -0.2) is 4.79 Å². The van der Waals surface area contributed by atoms with E-state index in [1.54, 1.807) is 0 Å². The normalized spacial score (nSPS) is 43.3. The highest BCUT2D eigenvalue weighted by Gasteiger charge is 2.74. The van der Waals surface area contributed by atoms with E-state index < -0.39 is 45.5 Å². The van der Waals surface area contributed by atoms with Crippen molar-refractivity contribution in [2.45, 2.75) is 130 Å². The van der Waals surface area contributed by atoms with E-state index in [1.165, 1.54) is 25.0 Å². The number of nitrogens with zero attached hydrogens (tertiary/aromatic N) is 1. The van der Waals surface area contributed by atoms with E-state index in [9.17, 15) is 33.0 Å². The summed E-state index contributed by atoms with van der Waals surface area (Å²) in [5.74, 6) is 1.09. The molecule has 2 amide bonds. The minimum atomic E-state index is -4.59. The first kappa shape index (κ1) is 37.3. The molecule has 0 saturated heterocycles. The number of halogens is 3. The molecule has 11 unspecified atom stereocenters. The largest absolute Gasteiger partial charge is 0.416 e. The second-order valence-corrected chi connectivity index (χ2v) is 19.9. The van der Waals surface area contributed by atoms with Gasteiger partial charge in [0.15, 0.2) is 5.78 Å². The van der Waals surface area contributed by atoms with Gasteiger partial charge in [-0.05, 0) is 131 Å². The molecule has 11 atom stereocenters. The smallest absolute Gasteiger partial charge is 0.393 e. The molecule has 9 aliphatic rings. The van der Waals surface area contributed by atoms with E-state index in [1.807, 2.05) is 24.8 Å². The van der Waals surface area contributed by atoms with E-state index >= 15 is 0 Å². The van der Waals surface area contributed by atoms with Crippen LogP contribution in [0.4, 0.5) is 18.0 Å². The maximum absolute atomic E-state index is 14.9. The Labute approximate surface area is 313 Å². The Morgan fingerprint density at radius 2 is 1.66 bits per heavy atom. The number of carbonyl (C=O) groups is 2. The molecule has 10 rings (SSSR count). The average Bonchev–Trinajstić information content (AvgIpc) is 3.36. The molecule has 2 spiro atoms. The summed E-state index contributed by atoms with van der Waals surface area (Å²) in [6.07, 6.45) is 9.22. The number of Topliss-reactive ketones (excluding diaryl/α,β-unsaturated/α-hetero) is 1. The topological polar surface area (TPSA) is 89.9 Å². The number of amides is 2. The van der Waals surface area contributed by atoms with Gasteiger partial charge in [-0.3, -0.25) is 4.79 Å². The van der Waals surface area contributed by atoms with Crippen LogP contribution >= 0.6 is 0 Å². The van der Waals surface area contributed by atoms with Crippen LogP contribution in [0.3, 0.4) is 0 Å². The summed E-state index contributed by atoms with van der Waals surface area (Å²) < 4.78 is 41.8. The minimum absolute atomic E-state index is 0.0130. The summed E-state index contributed by atoms with van der Waals surface area (Å²) in [6.45, 7) is 13.9. The van der Waals surface area contributed by atoms with Gasteiger partial charge in [-0.1, -0.05) is 58.1 Å². The molecule has 53 heavy (non-hydrogen) atoms. The maximum Gasteiger partial charge on any atom is 0.416 e. The third-order valence-corrected chi connectivity index (χ3v) is 17.0. The van der Waals surface area contributed by atoms with Gasteiger partial charge in [-0.15, -0.1) is 0 Å². The average molecular weight is 737 g/mol. The Morgan fingerprint density at radius 3 is 2.34 bits per heavy atom. The Hall–Kier alpha value is -2.65. The maximum atomic E-state index is 14.9. The molecule has 0 aliphatic heterocycles. The van der Waals surface area contributed by atoms with Gasteiger partial charge in [0.05, 0.1) is 23.8 Å². The number of rotatable bonds is 7. The molecule has 4 bridgehead atoms. The van der Waals surface area contributed by atoms with Crippen molar-refractivity contribution in [3.63, 3.8) is 0 Å². The molecule has 9 aliphatic carbocycles. The van der Waals surface area contributed by atoms with E-state index in [0.29, 0.717) is 56.1 Å². The molecule has 0 radical (unpaired) electrons. The molecule has 6 saturated carbocycles. The number of aliphatic hydroxyl groups is 2. The van der Waals surface area contributed by atoms with Crippen LogP contribution in [0.5, 0.6) is 0 Å². The highest BCUT2D eigenvalue weighted by Crippen LogP contribution is 2.78. The third-order valence-electron chi connectivity index (χ3n) is 17.0. The lowest BCUT2D eigenvalue weighted by molar-refractivity contribution is -0.176. The van der Waals surface area contributed by atoms with Crippen LogP contribution < -0.4 is 5.32 Å². The van der Waals surface area contributed by atoms with Gasteiger partial charge in [0, 0.05) is 40.0 Å². The number of aliphatic hydroxyl groups excluding tert-OH is 1.